The molecule has 0 radical (unpaired) electrons. The van der Waals surface area contributed by atoms with Crippen LogP contribution >= 0.6 is 0 Å². The number of esters is 2. The molecule has 1 unspecified atom stereocenters. The van der Waals surface area contributed by atoms with Crippen LogP contribution in [-0.2, 0) is 35.1 Å². The summed E-state index contributed by atoms with van der Waals surface area (Å²) in [5.74, 6) is -8.49. The summed E-state index contributed by atoms with van der Waals surface area (Å²) in [6.07, 6.45) is -2.46. The Morgan fingerprint density at radius 2 is 1.56 bits per heavy atom. The molecule has 1 fully saturated rings. The number of nitrogens with one attached hydrogen (secondary N) is 5. The van der Waals surface area contributed by atoms with Gasteiger partial charge in [-0.15, -0.1) is 0 Å². The number of benzene rings is 1. The molecule has 0 heterocycles. The summed E-state index contributed by atoms with van der Waals surface area (Å²) < 4.78 is 43.0. The minimum atomic E-state index is -5.52. The normalized spacial score (nSPS) is 16.3. The van der Waals surface area contributed by atoms with Crippen LogP contribution < -0.4 is 33.2 Å². The van der Waals surface area contributed by atoms with Gasteiger partial charge in [-0.05, 0) is 50.5 Å². The van der Waals surface area contributed by atoms with Crippen molar-refractivity contribution in [3.05, 3.63) is 35.4 Å². The van der Waals surface area contributed by atoms with Crippen LogP contribution in [0.25, 0.3) is 0 Å². The molecule has 45 heavy (non-hydrogen) atoms. The topological polar surface area (TPSA) is 256 Å². The van der Waals surface area contributed by atoms with Crippen molar-refractivity contribution in [1.82, 2.24) is 16.0 Å². The van der Waals surface area contributed by atoms with Crippen LogP contribution in [0.15, 0.2) is 24.3 Å². The predicted octanol–water partition coefficient (Wildman–Crippen LogP) is 0.450. The van der Waals surface area contributed by atoms with E-state index in [0.29, 0.717) is 31.2 Å². The molecule has 3 atom stereocenters. The molecule has 14 nitrogen and oxygen atoms in total. The maximum Gasteiger partial charge on any atom is 0.491 e. The number of alkyl halides is 3. The first-order valence-electron chi connectivity index (χ1n) is 14.2. The molecule has 3 amide bonds. The monoisotopic (exact) mass is 640 g/mol. The number of hydrogen-bond acceptors (Lipinski definition) is 8. The van der Waals surface area contributed by atoms with Gasteiger partial charge in [-0.3, -0.25) is 30.0 Å². The van der Waals surface area contributed by atoms with Crippen molar-refractivity contribution in [3.8, 4) is 0 Å². The second-order valence-corrected chi connectivity index (χ2v) is 11.1. The molecular weight excluding hydrogens is 601 g/mol. The highest BCUT2D eigenvalue weighted by Gasteiger charge is 2.50. The molecule has 0 bridgehead atoms. The number of primary amides is 1. The molecule has 0 aliphatic heterocycles. The summed E-state index contributed by atoms with van der Waals surface area (Å²) in [6.45, 7) is 1.19. The van der Waals surface area contributed by atoms with E-state index in [1.165, 1.54) is 24.3 Å². The molecule has 1 aliphatic carbocycles. The third-order valence-corrected chi connectivity index (χ3v) is 7.53. The van der Waals surface area contributed by atoms with E-state index in [1.54, 1.807) is 0 Å². The Morgan fingerprint density at radius 3 is 2.07 bits per heavy atom. The van der Waals surface area contributed by atoms with Gasteiger partial charge in [-0.2, -0.15) is 13.2 Å². The predicted molar refractivity (Wildman–Crippen MR) is 155 cm³/mol. The van der Waals surface area contributed by atoms with Gasteiger partial charge in [0.25, 0.3) is 0 Å². The van der Waals surface area contributed by atoms with E-state index in [4.69, 9.17) is 28.0 Å². The van der Waals surface area contributed by atoms with Crippen LogP contribution in [0, 0.1) is 22.2 Å². The molecule has 248 valence electrons. The van der Waals surface area contributed by atoms with Crippen LogP contribution in [-0.4, -0.2) is 66.3 Å². The van der Waals surface area contributed by atoms with Crippen molar-refractivity contribution in [2.45, 2.75) is 76.6 Å². The number of ether oxygens (including phenoxy) is 1. The Balaban J connectivity index is 2.40. The fraction of sp³-hybridized carbons (Fsp3) is 0.536. The van der Waals surface area contributed by atoms with Crippen molar-refractivity contribution in [2.24, 2.45) is 28.5 Å². The Kier molecular flexibility index (Phi) is 12.9. The van der Waals surface area contributed by atoms with Crippen molar-refractivity contribution in [2.75, 3.05) is 6.54 Å². The van der Waals surface area contributed by atoms with Gasteiger partial charge in [0.05, 0.1) is 0 Å². The van der Waals surface area contributed by atoms with Gasteiger partial charge in [-0.25, -0.2) is 4.79 Å². The van der Waals surface area contributed by atoms with Gasteiger partial charge in [0.1, 0.15) is 23.3 Å². The molecule has 0 aromatic heterocycles. The molecule has 0 spiro atoms. The summed E-state index contributed by atoms with van der Waals surface area (Å²) in [6, 6.07) is 3.10. The molecule has 2 rings (SSSR count). The van der Waals surface area contributed by atoms with E-state index in [2.05, 4.69) is 20.7 Å². The van der Waals surface area contributed by atoms with Crippen molar-refractivity contribution in [1.29, 1.82) is 10.8 Å². The smallest absolute Gasteiger partial charge is 0.386 e. The second-order valence-electron chi connectivity index (χ2n) is 11.1. The lowest BCUT2D eigenvalue weighted by atomic mass is 9.80. The SMILES string of the molecule is C[C@](Cc1ccc(C(=N)N)cc1)(C(=O)NC(C(=O)N[C@@H](CCCNC(=N)N)C(N)=O)C1CCCCC1)C(=O)OC(=O)C(F)(F)F. The fourth-order valence-corrected chi connectivity index (χ4v) is 4.95. The zero-order valence-electron chi connectivity index (χ0n) is 24.7. The molecule has 1 aliphatic rings. The van der Waals surface area contributed by atoms with Gasteiger partial charge in [0.15, 0.2) is 5.96 Å². The van der Waals surface area contributed by atoms with Crippen LogP contribution in [0.3, 0.4) is 0 Å². The van der Waals surface area contributed by atoms with Crippen LogP contribution in [0.1, 0.15) is 63.0 Å². The van der Waals surface area contributed by atoms with Gasteiger partial charge < -0.3 is 37.9 Å². The molecule has 1 saturated carbocycles. The lowest BCUT2D eigenvalue weighted by molar-refractivity contribution is -0.205. The third-order valence-electron chi connectivity index (χ3n) is 7.53. The van der Waals surface area contributed by atoms with Crippen LogP contribution in [0.4, 0.5) is 13.2 Å². The highest BCUT2D eigenvalue weighted by Crippen LogP contribution is 2.31. The average molecular weight is 641 g/mol. The first-order valence-corrected chi connectivity index (χ1v) is 14.2. The number of amides is 3. The number of rotatable bonds is 14. The Labute approximate surface area is 257 Å². The maximum atomic E-state index is 13.8. The lowest BCUT2D eigenvalue weighted by Crippen LogP contribution is -2.59. The van der Waals surface area contributed by atoms with Crippen molar-refractivity contribution < 1.29 is 41.9 Å². The summed E-state index contributed by atoms with van der Waals surface area (Å²) in [7, 11) is 0. The summed E-state index contributed by atoms with van der Waals surface area (Å²) in [5.41, 5.74) is 14.3. The Bertz CT molecular complexity index is 1280. The summed E-state index contributed by atoms with van der Waals surface area (Å²) >= 11 is 0. The molecule has 0 saturated heterocycles. The quantitative estimate of drug-likeness (QED) is 0.0461. The number of carbonyl (C=O) groups excluding carboxylic acids is 5. The molecule has 11 N–H and O–H groups in total. The summed E-state index contributed by atoms with van der Waals surface area (Å²) in [5, 5.41) is 22.3. The van der Waals surface area contributed by atoms with E-state index >= 15 is 0 Å². The fourth-order valence-electron chi connectivity index (χ4n) is 4.95. The van der Waals surface area contributed by atoms with Crippen LogP contribution in [0.5, 0.6) is 0 Å². The van der Waals surface area contributed by atoms with E-state index in [9.17, 15) is 37.1 Å². The number of nitrogens with two attached hydrogens (primary N) is 3. The van der Waals surface area contributed by atoms with E-state index in [-0.39, 0.29) is 36.7 Å². The van der Waals surface area contributed by atoms with E-state index in [1.807, 2.05) is 0 Å². The lowest BCUT2D eigenvalue weighted by Gasteiger charge is -2.34. The number of hydrogen-bond donors (Lipinski definition) is 8. The van der Waals surface area contributed by atoms with Gasteiger partial charge in [0, 0.05) is 12.1 Å². The van der Waals surface area contributed by atoms with Crippen molar-refractivity contribution in [3.63, 3.8) is 0 Å². The van der Waals surface area contributed by atoms with Gasteiger partial charge in [-0.1, -0.05) is 43.5 Å². The number of amidine groups is 1. The van der Waals surface area contributed by atoms with Gasteiger partial charge in [0.2, 0.25) is 17.7 Å². The molecule has 17 heteroatoms. The second kappa shape index (κ2) is 15.9. The first kappa shape index (κ1) is 36.5. The maximum absolute atomic E-state index is 13.8. The number of guanidine groups is 1. The number of halogens is 3. The zero-order chi connectivity index (χ0) is 33.9. The van der Waals surface area contributed by atoms with E-state index in [0.717, 1.165) is 13.3 Å². The first-order chi connectivity index (χ1) is 21.0. The minimum Gasteiger partial charge on any atom is -0.386 e. The highest BCUT2D eigenvalue weighted by molar-refractivity contribution is 6.07. The Hall–Kier alpha value is -4.70. The standard InChI is InChI=1S/C28H39F3N8O6/c1-27(24(43)45-25(44)28(29,30)31,14-15-9-11-17(12-10-15)20(32)33)23(42)39-19(16-6-3-2-4-7-16)22(41)38-18(21(34)40)8-5-13-37-26(35)36/h9-12,16,18-19H,2-8,13-14H2,1H3,(H3,32,33)(H2,34,40)(H,38,41)(H,39,42)(H4,35,36,37)/t18-,19?,27-/m0/s1. The molecule has 1 aromatic rings. The highest BCUT2D eigenvalue weighted by atomic mass is 19.4. The number of nitrogen functional groups attached to an aromatic ring is 1. The van der Waals surface area contributed by atoms with Crippen LogP contribution in [0.2, 0.25) is 0 Å². The van der Waals surface area contributed by atoms with Gasteiger partial charge >= 0.3 is 18.1 Å². The third kappa shape index (κ3) is 10.8. The molecule has 1 aromatic carbocycles. The largest absolute Gasteiger partial charge is 0.491 e. The average Bonchev–Trinajstić information content (AvgIpc) is 2.96. The minimum absolute atomic E-state index is 0.0620. The van der Waals surface area contributed by atoms with E-state index < -0.39 is 65.7 Å². The summed E-state index contributed by atoms with van der Waals surface area (Å²) in [4.78, 5) is 64.1. The zero-order valence-corrected chi connectivity index (χ0v) is 24.7. The Morgan fingerprint density at radius 1 is 0.956 bits per heavy atom. The number of carbonyl (C=O) groups is 5. The molecular formula is C28H39F3N8O6. The van der Waals surface area contributed by atoms with Crippen molar-refractivity contribution >= 4 is 41.5 Å².